The number of fused-ring (bicyclic) bond motifs is 1. The van der Waals surface area contributed by atoms with Crippen LogP contribution in [0.5, 0.6) is 0 Å². The van der Waals surface area contributed by atoms with Crippen molar-refractivity contribution >= 4 is 29.4 Å². The zero-order valence-corrected chi connectivity index (χ0v) is 15.0. The normalized spacial score (nSPS) is 25.3. The molecule has 1 aliphatic carbocycles. The molecule has 1 aromatic rings. The monoisotopic (exact) mass is 373 g/mol. The Kier molecular flexibility index (Phi) is 4.44. The highest BCUT2D eigenvalue weighted by Crippen LogP contribution is 2.37. The molecule has 4 amide bonds. The number of nitrogens with one attached hydrogen (secondary N) is 1. The summed E-state index contributed by atoms with van der Waals surface area (Å²) in [7, 11) is 0. The highest BCUT2D eigenvalue weighted by Gasteiger charge is 2.52. The SMILES string of the molecule is O=C(NCc1ccc(Cl)cc1)N1CC(N2C(=O)C3CC=CCC3C2=O)C1. The number of allylic oxidation sites excluding steroid dienone is 2. The first-order chi connectivity index (χ1) is 12.5. The van der Waals surface area contributed by atoms with Crippen LogP contribution in [0.25, 0.3) is 0 Å². The predicted octanol–water partition coefficient (Wildman–Crippen LogP) is 2.19. The molecule has 2 fully saturated rings. The van der Waals surface area contributed by atoms with Crippen LogP contribution in [0.4, 0.5) is 4.79 Å². The molecule has 3 aliphatic rings. The van der Waals surface area contributed by atoms with Crippen LogP contribution in [0, 0.1) is 11.8 Å². The minimum Gasteiger partial charge on any atom is -0.334 e. The van der Waals surface area contributed by atoms with Crippen LogP contribution in [0.1, 0.15) is 18.4 Å². The standard InChI is InChI=1S/C19H20ClN3O3/c20-13-7-5-12(6-8-13)9-21-19(26)22-10-14(11-22)23-17(24)15-3-1-2-4-16(15)18(23)25/h1-2,5-8,14-16H,3-4,9-11H2,(H,21,26). The molecule has 26 heavy (non-hydrogen) atoms. The second-order valence-corrected chi connectivity index (χ2v) is 7.48. The summed E-state index contributed by atoms with van der Waals surface area (Å²) in [6.45, 7) is 1.21. The van der Waals surface area contributed by atoms with Crippen molar-refractivity contribution in [3.8, 4) is 0 Å². The molecule has 7 heteroatoms. The minimum atomic E-state index is -0.208. The van der Waals surface area contributed by atoms with E-state index in [1.165, 1.54) is 4.90 Å². The van der Waals surface area contributed by atoms with E-state index in [0.717, 1.165) is 5.56 Å². The summed E-state index contributed by atoms with van der Waals surface area (Å²) in [5.74, 6) is -0.563. The zero-order chi connectivity index (χ0) is 18.3. The van der Waals surface area contributed by atoms with Crippen molar-refractivity contribution in [2.45, 2.75) is 25.4 Å². The maximum Gasteiger partial charge on any atom is 0.317 e. The van der Waals surface area contributed by atoms with Gasteiger partial charge >= 0.3 is 6.03 Å². The molecule has 2 unspecified atom stereocenters. The van der Waals surface area contributed by atoms with Gasteiger partial charge in [0, 0.05) is 24.7 Å². The van der Waals surface area contributed by atoms with Crippen LogP contribution in [0.2, 0.25) is 5.02 Å². The van der Waals surface area contributed by atoms with Gasteiger partial charge in [-0.25, -0.2) is 4.79 Å². The first kappa shape index (κ1) is 17.1. The molecule has 2 atom stereocenters. The molecule has 0 spiro atoms. The molecular weight excluding hydrogens is 354 g/mol. The molecule has 0 bridgehead atoms. The van der Waals surface area contributed by atoms with Gasteiger partial charge in [0.1, 0.15) is 0 Å². The number of hydrogen-bond donors (Lipinski definition) is 1. The Morgan fingerprint density at radius 1 is 1.04 bits per heavy atom. The van der Waals surface area contributed by atoms with Gasteiger partial charge in [0.25, 0.3) is 0 Å². The number of likely N-dealkylation sites (tertiary alicyclic amines) is 2. The number of carbonyl (C=O) groups is 3. The number of halogens is 1. The van der Waals surface area contributed by atoms with Gasteiger partial charge in [-0.05, 0) is 30.5 Å². The molecule has 2 heterocycles. The van der Waals surface area contributed by atoms with Gasteiger partial charge in [-0.1, -0.05) is 35.9 Å². The maximum atomic E-state index is 12.5. The Bertz CT molecular complexity index is 745. The minimum absolute atomic E-state index is 0.0735. The third kappa shape index (κ3) is 2.98. The van der Waals surface area contributed by atoms with E-state index in [4.69, 9.17) is 11.6 Å². The number of amides is 4. The quantitative estimate of drug-likeness (QED) is 0.652. The van der Waals surface area contributed by atoms with Crippen LogP contribution in [0.3, 0.4) is 0 Å². The summed E-state index contributed by atoms with van der Waals surface area (Å²) in [6, 6.07) is 6.90. The number of hydrogen-bond acceptors (Lipinski definition) is 3. The third-order valence-corrected chi connectivity index (χ3v) is 5.67. The van der Waals surface area contributed by atoms with E-state index >= 15 is 0 Å². The zero-order valence-electron chi connectivity index (χ0n) is 14.2. The smallest absolute Gasteiger partial charge is 0.317 e. The van der Waals surface area contributed by atoms with Crippen LogP contribution in [-0.4, -0.2) is 46.8 Å². The van der Waals surface area contributed by atoms with Gasteiger partial charge in [0.15, 0.2) is 0 Å². The number of imide groups is 1. The van der Waals surface area contributed by atoms with Gasteiger partial charge in [-0.3, -0.25) is 14.5 Å². The van der Waals surface area contributed by atoms with E-state index in [0.29, 0.717) is 37.5 Å². The van der Waals surface area contributed by atoms with E-state index in [1.807, 2.05) is 24.3 Å². The molecule has 0 radical (unpaired) electrons. The lowest BCUT2D eigenvalue weighted by Crippen LogP contribution is -2.64. The van der Waals surface area contributed by atoms with Crippen molar-refractivity contribution in [2.24, 2.45) is 11.8 Å². The van der Waals surface area contributed by atoms with E-state index in [9.17, 15) is 14.4 Å². The lowest BCUT2D eigenvalue weighted by molar-refractivity contribution is -0.145. The largest absolute Gasteiger partial charge is 0.334 e. The van der Waals surface area contributed by atoms with Crippen LogP contribution in [0.15, 0.2) is 36.4 Å². The third-order valence-electron chi connectivity index (χ3n) is 5.41. The fourth-order valence-corrected chi connectivity index (χ4v) is 3.99. The average Bonchev–Trinajstić information content (AvgIpc) is 2.86. The lowest BCUT2D eigenvalue weighted by Gasteiger charge is -2.43. The van der Waals surface area contributed by atoms with Crippen molar-refractivity contribution in [2.75, 3.05) is 13.1 Å². The number of urea groups is 1. The van der Waals surface area contributed by atoms with Crippen molar-refractivity contribution < 1.29 is 14.4 Å². The van der Waals surface area contributed by atoms with Crippen molar-refractivity contribution in [1.82, 2.24) is 15.1 Å². The van der Waals surface area contributed by atoms with Gasteiger partial charge in [0.05, 0.1) is 17.9 Å². The van der Waals surface area contributed by atoms with Gasteiger partial charge in [0.2, 0.25) is 11.8 Å². The summed E-state index contributed by atoms with van der Waals surface area (Å²) in [5.41, 5.74) is 0.960. The molecular formula is C19H20ClN3O3. The van der Waals surface area contributed by atoms with Gasteiger partial charge in [-0.2, -0.15) is 0 Å². The second kappa shape index (κ2) is 6.76. The van der Waals surface area contributed by atoms with Crippen LogP contribution < -0.4 is 5.32 Å². The molecule has 1 N–H and O–H groups in total. The maximum absolute atomic E-state index is 12.5. The fourth-order valence-electron chi connectivity index (χ4n) is 3.86. The molecule has 4 rings (SSSR count). The van der Waals surface area contributed by atoms with Gasteiger partial charge < -0.3 is 10.2 Å². The van der Waals surface area contributed by atoms with E-state index < -0.39 is 0 Å². The predicted molar refractivity (Wildman–Crippen MR) is 96.3 cm³/mol. The van der Waals surface area contributed by atoms with Crippen molar-refractivity contribution in [1.29, 1.82) is 0 Å². The van der Waals surface area contributed by atoms with Crippen molar-refractivity contribution in [3.05, 3.63) is 47.0 Å². The molecule has 6 nitrogen and oxygen atoms in total. The second-order valence-electron chi connectivity index (χ2n) is 7.05. The summed E-state index contributed by atoms with van der Waals surface area (Å²) in [6.07, 6.45) is 5.24. The molecule has 136 valence electrons. The lowest BCUT2D eigenvalue weighted by atomic mass is 9.85. The number of nitrogens with zero attached hydrogens (tertiary/aromatic N) is 2. The Hall–Kier alpha value is -2.34. The van der Waals surface area contributed by atoms with E-state index in [1.54, 1.807) is 17.0 Å². The summed E-state index contributed by atoms with van der Waals surface area (Å²) < 4.78 is 0. The summed E-state index contributed by atoms with van der Waals surface area (Å²) >= 11 is 5.84. The summed E-state index contributed by atoms with van der Waals surface area (Å²) in [5, 5.41) is 3.50. The highest BCUT2D eigenvalue weighted by atomic mass is 35.5. The van der Waals surface area contributed by atoms with Crippen LogP contribution in [-0.2, 0) is 16.1 Å². The van der Waals surface area contributed by atoms with E-state index in [2.05, 4.69) is 5.32 Å². The molecule has 1 aromatic carbocycles. The van der Waals surface area contributed by atoms with Gasteiger partial charge in [-0.15, -0.1) is 0 Å². The summed E-state index contributed by atoms with van der Waals surface area (Å²) in [4.78, 5) is 40.3. The number of benzene rings is 1. The number of rotatable bonds is 3. The molecule has 0 saturated carbocycles. The Labute approximate surface area is 156 Å². The Morgan fingerprint density at radius 3 is 2.19 bits per heavy atom. The topological polar surface area (TPSA) is 69.7 Å². The molecule has 2 aliphatic heterocycles. The first-order valence-electron chi connectivity index (χ1n) is 8.83. The highest BCUT2D eigenvalue weighted by molar-refractivity contribution is 6.30. The Morgan fingerprint density at radius 2 is 1.62 bits per heavy atom. The average molecular weight is 374 g/mol. The number of carbonyl (C=O) groups excluding carboxylic acids is 3. The fraction of sp³-hybridized carbons (Fsp3) is 0.421. The van der Waals surface area contributed by atoms with Crippen molar-refractivity contribution in [3.63, 3.8) is 0 Å². The first-order valence-corrected chi connectivity index (χ1v) is 9.21. The molecule has 0 aromatic heterocycles. The van der Waals surface area contributed by atoms with Crippen LogP contribution >= 0.6 is 11.6 Å². The van der Waals surface area contributed by atoms with E-state index in [-0.39, 0.29) is 35.7 Å². The Balaban J connectivity index is 1.29. The molecule has 2 saturated heterocycles.